The normalized spacial score (nSPS) is 10.0. The minimum atomic E-state index is 0.211. The van der Waals surface area contributed by atoms with Gasteiger partial charge in [-0.3, -0.25) is 0 Å². The van der Waals surface area contributed by atoms with E-state index in [1.165, 1.54) is 0 Å². The van der Waals surface area contributed by atoms with Crippen LogP contribution in [0.5, 0.6) is 0 Å². The molecular weight excluding hydrogens is 118 g/mol. The molecule has 9 heavy (non-hydrogen) atoms. The van der Waals surface area contributed by atoms with Gasteiger partial charge in [0.05, 0.1) is 0 Å². The molecule has 0 amide bonds. The summed E-state index contributed by atoms with van der Waals surface area (Å²) in [6.45, 7) is 1.86. The number of rotatable bonds is 6. The summed E-state index contributed by atoms with van der Waals surface area (Å²) in [5.41, 5.74) is 0. The number of hydrogen-bond acceptors (Lipinski definition) is 2. The van der Waals surface area contributed by atoms with Crippen LogP contribution in [0, 0.1) is 0 Å². The van der Waals surface area contributed by atoms with E-state index < -0.39 is 0 Å². The third kappa shape index (κ3) is 7.88. The third-order valence-corrected chi connectivity index (χ3v) is 0.949. The van der Waals surface area contributed by atoms with E-state index in [-0.39, 0.29) is 13.2 Å². The molecule has 0 saturated carbocycles. The second-order valence-electron chi connectivity index (χ2n) is 1.83. The van der Waals surface area contributed by atoms with Crippen molar-refractivity contribution >= 4 is 0 Å². The Kier molecular flexibility index (Phi) is 7.77. The molecule has 0 aromatic rings. The van der Waals surface area contributed by atoms with E-state index in [4.69, 9.17) is 10.2 Å². The van der Waals surface area contributed by atoms with Crippen molar-refractivity contribution in [2.45, 2.75) is 12.8 Å². The van der Waals surface area contributed by atoms with Crippen LogP contribution < -0.4 is 5.32 Å². The number of hydrogen-bond donors (Lipinski definition) is 2. The molecule has 1 radical (unpaired) electrons. The molecular formula is C6H14NO2. The van der Waals surface area contributed by atoms with Gasteiger partial charge in [0.2, 0.25) is 0 Å². The molecule has 0 aliphatic carbocycles. The van der Waals surface area contributed by atoms with Gasteiger partial charge in [-0.1, -0.05) is 0 Å². The lowest BCUT2D eigenvalue weighted by Gasteiger charge is -1.96. The van der Waals surface area contributed by atoms with Gasteiger partial charge < -0.3 is 10.2 Å². The van der Waals surface area contributed by atoms with Crippen molar-refractivity contribution in [2.75, 3.05) is 26.3 Å². The second kappa shape index (κ2) is 7.88. The highest BCUT2D eigenvalue weighted by molar-refractivity contribution is 4.44. The second-order valence-corrected chi connectivity index (χ2v) is 1.83. The van der Waals surface area contributed by atoms with E-state index >= 15 is 0 Å². The molecule has 2 N–H and O–H groups in total. The summed E-state index contributed by atoms with van der Waals surface area (Å²) in [5.74, 6) is 0. The minimum Gasteiger partial charge on any atom is -0.396 e. The summed E-state index contributed by atoms with van der Waals surface area (Å²) >= 11 is 0. The summed E-state index contributed by atoms with van der Waals surface area (Å²) in [6, 6.07) is 0. The van der Waals surface area contributed by atoms with Gasteiger partial charge in [-0.15, -0.1) is 0 Å². The maximum absolute atomic E-state index is 8.31. The van der Waals surface area contributed by atoms with Gasteiger partial charge >= 0.3 is 0 Å². The first-order chi connectivity index (χ1) is 4.41. The topological polar surface area (TPSA) is 54.6 Å². The van der Waals surface area contributed by atoms with Gasteiger partial charge in [0.1, 0.15) is 0 Å². The highest BCUT2D eigenvalue weighted by Crippen LogP contribution is 1.76. The van der Waals surface area contributed by atoms with Crippen LogP contribution in [-0.2, 0) is 0 Å². The molecule has 0 heterocycles. The fourth-order valence-electron chi connectivity index (χ4n) is 0.477. The smallest absolute Gasteiger partial charge is 0.0443 e. The molecule has 0 aliphatic rings. The lowest BCUT2D eigenvalue weighted by molar-refractivity contribution is 0.275. The van der Waals surface area contributed by atoms with Gasteiger partial charge in [-0.25, -0.2) is 5.32 Å². The molecule has 0 atom stereocenters. The number of nitrogens with zero attached hydrogens (tertiary/aromatic N) is 1. The minimum absolute atomic E-state index is 0.211. The van der Waals surface area contributed by atoms with E-state index in [9.17, 15) is 0 Å². The van der Waals surface area contributed by atoms with Crippen molar-refractivity contribution in [2.24, 2.45) is 0 Å². The molecule has 0 saturated heterocycles. The summed E-state index contributed by atoms with van der Waals surface area (Å²) in [4.78, 5) is 0. The van der Waals surface area contributed by atoms with E-state index in [1.807, 2.05) is 0 Å². The standard InChI is InChI=1S/C6H14NO2/c8-5-1-3-7-4-2-6-9/h8-9H,1-6H2. The molecule has 0 aliphatic heterocycles. The lowest BCUT2D eigenvalue weighted by atomic mass is 10.4. The van der Waals surface area contributed by atoms with Crippen molar-refractivity contribution in [1.29, 1.82) is 0 Å². The van der Waals surface area contributed by atoms with Crippen LogP contribution in [-0.4, -0.2) is 36.5 Å². The van der Waals surface area contributed by atoms with Crippen LogP contribution >= 0.6 is 0 Å². The zero-order valence-corrected chi connectivity index (χ0v) is 5.58. The van der Waals surface area contributed by atoms with Crippen LogP contribution in [0.4, 0.5) is 0 Å². The summed E-state index contributed by atoms with van der Waals surface area (Å²) < 4.78 is 0. The largest absolute Gasteiger partial charge is 0.396 e. The number of aliphatic hydroxyl groups is 2. The van der Waals surface area contributed by atoms with Crippen molar-refractivity contribution < 1.29 is 10.2 Å². The summed E-state index contributed by atoms with van der Waals surface area (Å²) in [6.07, 6.45) is 1.48. The predicted molar refractivity (Wildman–Crippen MR) is 35.3 cm³/mol. The molecule has 3 nitrogen and oxygen atoms in total. The zero-order valence-electron chi connectivity index (χ0n) is 5.58. The molecule has 55 valence electrons. The average Bonchev–Trinajstić information content (AvgIpc) is 1.89. The molecule has 3 heteroatoms. The Morgan fingerprint density at radius 1 is 0.889 bits per heavy atom. The lowest BCUT2D eigenvalue weighted by Crippen LogP contribution is -2.10. The van der Waals surface area contributed by atoms with Gasteiger partial charge in [0.25, 0.3) is 0 Å². The first kappa shape index (κ1) is 8.88. The monoisotopic (exact) mass is 132 g/mol. The Hall–Kier alpha value is -0.120. The molecule has 0 unspecified atom stereocenters. The number of aliphatic hydroxyl groups excluding tert-OH is 2. The van der Waals surface area contributed by atoms with Gasteiger partial charge in [0.15, 0.2) is 0 Å². The summed E-state index contributed by atoms with van der Waals surface area (Å²) in [7, 11) is 0. The van der Waals surface area contributed by atoms with Crippen molar-refractivity contribution in [1.82, 2.24) is 5.32 Å². The van der Waals surface area contributed by atoms with Crippen LogP contribution in [0.25, 0.3) is 0 Å². The highest BCUT2D eigenvalue weighted by atomic mass is 16.3. The van der Waals surface area contributed by atoms with Crippen LogP contribution in [0.1, 0.15) is 12.8 Å². The maximum atomic E-state index is 8.31. The first-order valence-electron chi connectivity index (χ1n) is 3.26. The van der Waals surface area contributed by atoms with E-state index in [1.54, 1.807) is 0 Å². The highest BCUT2D eigenvalue weighted by Gasteiger charge is 1.86. The van der Waals surface area contributed by atoms with E-state index in [0.29, 0.717) is 0 Å². The molecule has 0 bridgehead atoms. The fraction of sp³-hybridized carbons (Fsp3) is 1.00. The summed E-state index contributed by atoms with van der Waals surface area (Å²) in [5, 5.41) is 20.7. The Bertz CT molecular complexity index is 44.3. The van der Waals surface area contributed by atoms with Crippen LogP contribution in [0.15, 0.2) is 0 Å². The maximum Gasteiger partial charge on any atom is 0.0443 e. The quantitative estimate of drug-likeness (QED) is 0.472. The van der Waals surface area contributed by atoms with Crippen molar-refractivity contribution in [3.63, 3.8) is 0 Å². The van der Waals surface area contributed by atoms with Crippen molar-refractivity contribution in [3.05, 3.63) is 0 Å². The molecule has 0 fully saturated rings. The Labute approximate surface area is 55.7 Å². The molecule has 0 spiro atoms. The SMILES string of the molecule is OCCC[N]CCCO. The Morgan fingerprint density at radius 3 is 1.67 bits per heavy atom. The molecule has 0 aromatic heterocycles. The van der Waals surface area contributed by atoms with E-state index in [0.717, 1.165) is 25.9 Å². The zero-order chi connectivity index (χ0) is 6.95. The van der Waals surface area contributed by atoms with Gasteiger partial charge in [0, 0.05) is 26.3 Å². The average molecular weight is 132 g/mol. The van der Waals surface area contributed by atoms with E-state index in [2.05, 4.69) is 5.32 Å². The Morgan fingerprint density at radius 2 is 1.33 bits per heavy atom. The predicted octanol–water partition coefficient (Wildman–Crippen LogP) is -0.644. The molecule has 0 rings (SSSR count). The Balaban J connectivity index is 2.60. The van der Waals surface area contributed by atoms with Crippen LogP contribution in [0.2, 0.25) is 0 Å². The van der Waals surface area contributed by atoms with Crippen molar-refractivity contribution in [3.8, 4) is 0 Å². The molecule has 0 aromatic carbocycles. The van der Waals surface area contributed by atoms with Gasteiger partial charge in [-0.2, -0.15) is 0 Å². The third-order valence-electron chi connectivity index (χ3n) is 0.949. The van der Waals surface area contributed by atoms with Gasteiger partial charge in [-0.05, 0) is 12.8 Å². The van der Waals surface area contributed by atoms with Crippen LogP contribution in [0.3, 0.4) is 0 Å². The first-order valence-corrected chi connectivity index (χ1v) is 3.26. The fourth-order valence-corrected chi connectivity index (χ4v) is 0.477.